The van der Waals surface area contributed by atoms with E-state index in [9.17, 15) is 0 Å². The van der Waals surface area contributed by atoms with Gasteiger partial charge in [0, 0.05) is 18.7 Å². The van der Waals surface area contributed by atoms with Crippen molar-refractivity contribution >= 4 is 0 Å². The van der Waals surface area contributed by atoms with Gasteiger partial charge in [-0.15, -0.1) is 0 Å². The van der Waals surface area contributed by atoms with E-state index in [4.69, 9.17) is 10.5 Å². The van der Waals surface area contributed by atoms with Crippen molar-refractivity contribution < 1.29 is 4.74 Å². The molecule has 3 nitrogen and oxygen atoms in total. The second-order valence-electron chi connectivity index (χ2n) is 5.48. The molecule has 1 saturated heterocycles. The maximum absolute atomic E-state index is 5.83. The van der Waals surface area contributed by atoms with Crippen LogP contribution in [0, 0.1) is 5.92 Å². The molecule has 1 aliphatic heterocycles. The minimum Gasteiger partial charge on any atom is -0.378 e. The Balaban J connectivity index is 2.22. The first-order chi connectivity index (χ1) is 7.58. The predicted molar refractivity (Wildman–Crippen MR) is 68.5 cm³/mol. The Labute approximate surface area is 100 Å². The molecular formula is C13H28N2O. The van der Waals surface area contributed by atoms with Crippen LogP contribution in [0.5, 0.6) is 0 Å². The van der Waals surface area contributed by atoms with Gasteiger partial charge in [-0.2, -0.15) is 0 Å². The second kappa shape index (κ2) is 6.58. The van der Waals surface area contributed by atoms with Gasteiger partial charge in [0.2, 0.25) is 0 Å². The summed E-state index contributed by atoms with van der Waals surface area (Å²) in [7, 11) is 0. The van der Waals surface area contributed by atoms with E-state index in [0.29, 0.717) is 18.6 Å². The molecule has 0 saturated carbocycles. The van der Waals surface area contributed by atoms with Crippen LogP contribution in [-0.4, -0.2) is 31.3 Å². The van der Waals surface area contributed by atoms with Crippen molar-refractivity contribution in [3.05, 3.63) is 0 Å². The van der Waals surface area contributed by atoms with Gasteiger partial charge in [-0.05, 0) is 45.1 Å². The topological polar surface area (TPSA) is 47.3 Å². The molecule has 3 heteroatoms. The lowest BCUT2D eigenvalue weighted by molar-refractivity contribution is 0.0101. The van der Waals surface area contributed by atoms with Crippen LogP contribution in [0.1, 0.15) is 46.5 Å². The maximum Gasteiger partial charge on any atom is 0.0587 e. The van der Waals surface area contributed by atoms with Gasteiger partial charge in [-0.1, -0.05) is 13.8 Å². The molecule has 0 aromatic carbocycles. The zero-order valence-corrected chi connectivity index (χ0v) is 11.1. The molecule has 96 valence electrons. The fraction of sp³-hybridized carbons (Fsp3) is 1.00. The first-order valence-corrected chi connectivity index (χ1v) is 6.65. The van der Waals surface area contributed by atoms with Crippen LogP contribution < -0.4 is 11.1 Å². The summed E-state index contributed by atoms with van der Waals surface area (Å²) in [4.78, 5) is 0. The maximum atomic E-state index is 5.83. The lowest BCUT2D eigenvalue weighted by atomic mass is 9.88. The van der Waals surface area contributed by atoms with E-state index < -0.39 is 0 Å². The van der Waals surface area contributed by atoms with Crippen molar-refractivity contribution in [3.8, 4) is 0 Å². The van der Waals surface area contributed by atoms with Crippen LogP contribution in [0.25, 0.3) is 0 Å². The van der Waals surface area contributed by atoms with E-state index in [-0.39, 0.29) is 5.54 Å². The molecule has 1 rings (SSSR count). The predicted octanol–water partition coefficient (Wildman–Crippen LogP) is 1.91. The van der Waals surface area contributed by atoms with Gasteiger partial charge in [0.05, 0.1) is 6.10 Å². The highest BCUT2D eigenvalue weighted by atomic mass is 16.5. The number of hydrogen-bond donors (Lipinski definition) is 2. The largest absolute Gasteiger partial charge is 0.378 e. The Morgan fingerprint density at radius 3 is 2.69 bits per heavy atom. The molecule has 0 amide bonds. The Bertz CT molecular complexity index is 190. The molecule has 0 bridgehead atoms. The molecule has 1 fully saturated rings. The molecule has 0 radical (unpaired) electrons. The Morgan fingerprint density at radius 1 is 1.44 bits per heavy atom. The fourth-order valence-electron chi connectivity index (χ4n) is 2.07. The SMILES string of the molecule is CC(C)C(C)(CN)NCCC1CCCCO1. The summed E-state index contributed by atoms with van der Waals surface area (Å²) in [5, 5.41) is 3.59. The molecule has 0 aromatic heterocycles. The zero-order valence-electron chi connectivity index (χ0n) is 11.1. The molecule has 2 atom stereocenters. The van der Waals surface area contributed by atoms with E-state index in [1.807, 2.05) is 0 Å². The Kier molecular flexibility index (Phi) is 5.73. The minimum absolute atomic E-state index is 0.0642. The summed E-state index contributed by atoms with van der Waals surface area (Å²) < 4.78 is 5.72. The van der Waals surface area contributed by atoms with E-state index >= 15 is 0 Å². The van der Waals surface area contributed by atoms with Gasteiger partial charge in [-0.3, -0.25) is 0 Å². The van der Waals surface area contributed by atoms with Crippen LogP contribution in [-0.2, 0) is 4.74 Å². The van der Waals surface area contributed by atoms with E-state index in [0.717, 1.165) is 19.6 Å². The second-order valence-corrected chi connectivity index (χ2v) is 5.48. The van der Waals surface area contributed by atoms with Gasteiger partial charge >= 0.3 is 0 Å². The summed E-state index contributed by atoms with van der Waals surface area (Å²) in [6, 6.07) is 0. The molecule has 1 aliphatic rings. The lowest BCUT2D eigenvalue weighted by Gasteiger charge is -2.34. The van der Waals surface area contributed by atoms with Crippen LogP contribution >= 0.6 is 0 Å². The highest BCUT2D eigenvalue weighted by Crippen LogP contribution is 2.17. The van der Waals surface area contributed by atoms with Crippen LogP contribution in [0.4, 0.5) is 0 Å². The van der Waals surface area contributed by atoms with Gasteiger partial charge in [0.1, 0.15) is 0 Å². The summed E-state index contributed by atoms with van der Waals surface area (Å²) in [6.45, 7) is 9.29. The normalized spacial score (nSPS) is 25.7. The number of ether oxygens (including phenoxy) is 1. The molecule has 0 spiro atoms. The van der Waals surface area contributed by atoms with Crippen molar-refractivity contribution in [2.24, 2.45) is 11.7 Å². The Morgan fingerprint density at radius 2 is 2.19 bits per heavy atom. The van der Waals surface area contributed by atoms with E-state index in [1.165, 1.54) is 19.3 Å². The van der Waals surface area contributed by atoms with E-state index in [1.54, 1.807) is 0 Å². The van der Waals surface area contributed by atoms with Gasteiger partial charge < -0.3 is 15.8 Å². The van der Waals surface area contributed by atoms with Crippen LogP contribution in [0.3, 0.4) is 0 Å². The van der Waals surface area contributed by atoms with Crippen LogP contribution in [0.15, 0.2) is 0 Å². The first kappa shape index (κ1) is 13.9. The monoisotopic (exact) mass is 228 g/mol. The number of rotatable bonds is 6. The molecule has 0 aromatic rings. The van der Waals surface area contributed by atoms with E-state index in [2.05, 4.69) is 26.1 Å². The van der Waals surface area contributed by atoms with Crippen molar-refractivity contribution in [3.63, 3.8) is 0 Å². The summed E-state index contributed by atoms with van der Waals surface area (Å²) in [5.41, 5.74) is 5.90. The number of hydrogen-bond acceptors (Lipinski definition) is 3. The molecule has 1 heterocycles. The quantitative estimate of drug-likeness (QED) is 0.730. The van der Waals surface area contributed by atoms with Gasteiger partial charge in [0.15, 0.2) is 0 Å². The third-order valence-corrected chi connectivity index (χ3v) is 3.97. The van der Waals surface area contributed by atoms with Crippen molar-refractivity contribution in [2.45, 2.75) is 58.1 Å². The standard InChI is InChI=1S/C13H28N2O/c1-11(2)13(3,10-14)15-8-7-12-6-4-5-9-16-12/h11-12,15H,4-10,14H2,1-3H3. The summed E-state index contributed by atoms with van der Waals surface area (Å²) in [5.74, 6) is 0.560. The minimum atomic E-state index is 0.0642. The van der Waals surface area contributed by atoms with Crippen molar-refractivity contribution in [1.29, 1.82) is 0 Å². The summed E-state index contributed by atoms with van der Waals surface area (Å²) in [6.07, 6.45) is 5.36. The Hall–Kier alpha value is -0.120. The average molecular weight is 228 g/mol. The number of nitrogens with one attached hydrogen (secondary N) is 1. The first-order valence-electron chi connectivity index (χ1n) is 6.65. The molecule has 16 heavy (non-hydrogen) atoms. The average Bonchev–Trinajstić information content (AvgIpc) is 2.30. The number of nitrogens with two attached hydrogens (primary N) is 1. The van der Waals surface area contributed by atoms with Crippen LogP contribution in [0.2, 0.25) is 0 Å². The third kappa shape index (κ3) is 4.04. The molecule has 3 N–H and O–H groups in total. The molecule has 0 aliphatic carbocycles. The smallest absolute Gasteiger partial charge is 0.0587 e. The molecule has 2 unspecified atom stereocenters. The fourth-order valence-corrected chi connectivity index (χ4v) is 2.07. The highest BCUT2D eigenvalue weighted by Gasteiger charge is 2.26. The van der Waals surface area contributed by atoms with Gasteiger partial charge in [0.25, 0.3) is 0 Å². The highest BCUT2D eigenvalue weighted by molar-refractivity contribution is 4.87. The van der Waals surface area contributed by atoms with Gasteiger partial charge in [-0.25, -0.2) is 0 Å². The summed E-state index contributed by atoms with van der Waals surface area (Å²) >= 11 is 0. The zero-order chi connectivity index (χ0) is 12.0. The molecular weight excluding hydrogens is 200 g/mol. The third-order valence-electron chi connectivity index (χ3n) is 3.97. The van der Waals surface area contributed by atoms with Crippen molar-refractivity contribution in [2.75, 3.05) is 19.7 Å². The lowest BCUT2D eigenvalue weighted by Crippen LogP contribution is -2.53. The van der Waals surface area contributed by atoms with Crippen molar-refractivity contribution in [1.82, 2.24) is 5.32 Å².